The second kappa shape index (κ2) is 8.45. The Balaban J connectivity index is 1.60. The predicted molar refractivity (Wildman–Crippen MR) is 109 cm³/mol. The summed E-state index contributed by atoms with van der Waals surface area (Å²) in [7, 11) is 0. The largest absolute Gasteiger partial charge is 0.345 e. The minimum atomic E-state index is -0.438. The average molecular weight is 449 g/mol. The summed E-state index contributed by atoms with van der Waals surface area (Å²) < 4.78 is 1.99. The van der Waals surface area contributed by atoms with E-state index in [0.29, 0.717) is 15.9 Å². The van der Waals surface area contributed by atoms with Crippen LogP contribution in [0.4, 0.5) is 5.69 Å². The summed E-state index contributed by atoms with van der Waals surface area (Å²) in [6.07, 6.45) is 2.19. The normalized spacial score (nSPS) is 10.7. The van der Waals surface area contributed by atoms with Gasteiger partial charge >= 0.3 is 0 Å². The number of carbonyl (C=O) groups is 2. The van der Waals surface area contributed by atoms with Crippen molar-refractivity contribution in [2.45, 2.75) is 19.9 Å². The van der Waals surface area contributed by atoms with E-state index in [4.69, 9.17) is 0 Å². The standard InChI is InChI=1S/C18H17BrN4O3S/c1-2-11-7-12-17(27-11)21-10-23(18(12)26)9-16(25)20-8-15(24)22-14-6-4-3-5-13(14)19/h3-7,10H,2,8-9H2,1H3,(H,20,25)(H,22,24). The van der Waals surface area contributed by atoms with Crippen molar-refractivity contribution in [2.24, 2.45) is 0 Å². The maximum absolute atomic E-state index is 12.5. The second-order valence-corrected chi connectivity index (χ2v) is 7.74. The molecule has 0 aliphatic rings. The minimum absolute atomic E-state index is 0.191. The van der Waals surface area contributed by atoms with Gasteiger partial charge in [-0.25, -0.2) is 4.98 Å². The number of rotatable bonds is 6. The van der Waals surface area contributed by atoms with E-state index in [1.165, 1.54) is 22.2 Å². The molecule has 140 valence electrons. The molecule has 0 saturated heterocycles. The van der Waals surface area contributed by atoms with E-state index in [2.05, 4.69) is 31.5 Å². The quantitative estimate of drug-likeness (QED) is 0.605. The van der Waals surface area contributed by atoms with Crippen molar-refractivity contribution < 1.29 is 9.59 Å². The fourth-order valence-electron chi connectivity index (χ4n) is 2.44. The number of para-hydroxylation sites is 1. The summed E-state index contributed by atoms with van der Waals surface area (Å²) in [6.45, 7) is 1.63. The number of hydrogen-bond acceptors (Lipinski definition) is 5. The van der Waals surface area contributed by atoms with Gasteiger partial charge in [-0.15, -0.1) is 11.3 Å². The lowest BCUT2D eigenvalue weighted by Crippen LogP contribution is -2.37. The number of anilines is 1. The van der Waals surface area contributed by atoms with Gasteiger partial charge in [-0.3, -0.25) is 19.0 Å². The van der Waals surface area contributed by atoms with Gasteiger partial charge in [-0.2, -0.15) is 0 Å². The molecule has 9 heteroatoms. The summed E-state index contributed by atoms with van der Waals surface area (Å²) in [5, 5.41) is 5.72. The molecule has 1 aromatic carbocycles. The van der Waals surface area contributed by atoms with Crippen molar-refractivity contribution in [1.29, 1.82) is 0 Å². The van der Waals surface area contributed by atoms with Crippen LogP contribution in [0.15, 0.2) is 45.9 Å². The van der Waals surface area contributed by atoms with Crippen LogP contribution in [-0.2, 0) is 22.6 Å². The highest BCUT2D eigenvalue weighted by Gasteiger charge is 2.12. The van der Waals surface area contributed by atoms with Crippen LogP contribution in [0, 0.1) is 0 Å². The first-order chi connectivity index (χ1) is 13.0. The number of hydrogen-bond donors (Lipinski definition) is 2. The number of nitrogens with one attached hydrogen (secondary N) is 2. The van der Waals surface area contributed by atoms with E-state index in [-0.39, 0.29) is 24.6 Å². The second-order valence-electron chi connectivity index (χ2n) is 5.77. The van der Waals surface area contributed by atoms with Gasteiger partial charge < -0.3 is 10.6 Å². The molecule has 2 aromatic heterocycles. The van der Waals surface area contributed by atoms with Gasteiger partial charge in [0.15, 0.2) is 0 Å². The van der Waals surface area contributed by atoms with Crippen molar-refractivity contribution in [3.05, 3.63) is 56.4 Å². The minimum Gasteiger partial charge on any atom is -0.345 e. The Morgan fingerprint density at radius 3 is 2.78 bits per heavy atom. The van der Waals surface area contributed by atoms with Crippen molar-refractivity contribution in [1.82, 2.24) is 14.9 Å². The first-order valence-electron chi connectivity index (χ1n) is 8.27. The van der Waals surface area contributed by atoms with Crippen molar-refractivity contribution in [3.8, 4) is 0 Å². The van der Waals surface area contributed by atoms with Crippen LogP contribution >= 0.6 is 27.3 Å². The monoisotopic (exact) mass is 448 g/mol. The SMILES string of the molecule is CCc1cc2c(=O)n(CC(=O)NCC(=O)Nc3ccccc3Br)cnc2s1. The van der Waals surface area contributed by atoms with Crippen molar-refractivity contribution in [2.75, 3.05) is 11.9 Å². The molecule has 3 rings (SSSR count). The fraction of sp³-hybridized carbons (Fsp3) is 0.222. The third kappa shape index (κ3) is 4.61. The molecule has 0 aliphatic carbocycles. The molecule has 0 fully saturated rings. The van der Waals surface area contributed by atoms with Crippen molar-refractivity contribution >= 4 is 55.0 Å². The molecular formula is C18H17BrN4O3S. The molecule has 0 atom stereocenters. The van der Waals surface area contributed by atoms with E-state index >= 15 is 0 Å². The lowest BCUT2D eigenvalue weighted by molar-refractivity contribution is -0.124. The molecule has 0 bridgehead atoms. The number of amides is 2. The van der Waals surface area contributed by atoms with Crippen LogP contribution in [-0.4, -0.2) is 27.9 Å². The zero-order chi connectivity index (χ0) is 19.4. The zero-order valence-corrected chi connectivity index (χ0v) is 16.9. The Morgan fingerprint density at radius 2 is 2.04 bits per heavy atom. The highest BCUT2D eigenvalue weighted by atomic mass is 79.9. The average Bonchev–Trinajstić information content (AvgIpc) is 3.09. The first-order valence-corrected chi connectivity index (χ1v) is 9.87. The predicted octanol–water partition coefficient (Wildman–Crippen LogP) is 2.54. The molecule has 3 aromatic rings. The van der Waals surface area contributed by atoms with Crippen LogP contribution in [0.2, 0.25) is 0 Å². The summed E-state index contributed by atoms with van der Waals surface area (Å²) in [6, 6.07) is 8.99. The smallest absolute Gasteiger partial charge is 0.262 e. The molecule has 0 spiro atoms. The summed E-state index contributed by atoms with van der Waals surface area (Å²) in [5.41, 5.74) is 0.357. The Kier molecular flexibility index (Phi) is 6.02. The highest BCUT2D eigenvalue weighted by Crippen LogP contribution is 2.21. The Labute approximate surface area is 167 Å². The molecule has 2 heterocycles. The lowest BCUT2D eigenvalue weighted by atomic mass is 10.3. The molecule has 2 amide bonds. The van der Waals surface area contributed by atoms with Gasteiger partial charge in [0.2, 0.25) is 11.8 Å². The molecule has 0 unspecified atom stereocenters. The third-order valence-electron chi connectivity index (χ3n) is 3.83. The molecule has 2 N–H and O–H groups in total. The van der Waals surface area contributed by atoms with Gasteiger partial charge in [0, 0.05) is 9.35 Å². The van der Waals surface area contributed by atoms with Gasteiger partial charge in [0.25, 0.3) is 5.56 Å². The summed E-state index contributed by atoms with van der Waals surface area (Å²) in [5.74, 6) is -0.798. The van der Waals surface area contributed by atoms with Gasteiger partial charge in [0.05, 0.1) is 23.9 Å². The van der Waals surface area contributed by atoms with Crippen LogP contribution in [0.5, 0.6) is 0 Å². The molecule has 7 nitrogen and oxygen atoms in total. The number of halogens is 1. The number of thiophene rings is 1. The van der Waals surface area contributed by atoms with Gasteiger partial charge in [0.1, 0.15) is 11.4 Å². The molecule has 0 radical (unpaired) electrons. The molecular weight excluding hydrogens is 432 g/mol. The van der Waals surface area contributed by atoms with Gasteiger partial charge in [-0.1, -0.05) is 19.1 Å². The third-order valence-corrected chi connectivity index (χ3v) is 5.70. The van der Waals surface area contributed by atoms with E-state index in [0.717, 1.165) is 15.8 Å². The number of aromatic nitrogens is 2. The number of nitrogens with zero attached hydrogens (tertiary/aromatic N) is 2. The molecule has 27 heavy (non-hydrogen) atoms. The molecule has 0 saturated carbocycles. The van der Waals surface area contributed by atoms with Crippen molar-refractivity contribution in [3.63, 3.8) is 0 Å². The number of carbonyl (C=O) groups excluding carboxylic acids is 2. The Morgan fingerprint density at radius 1 is 1.26 bits per heavy atom. The number of fused-ring (bicyclic) bond motifs is 1. The fourth-order valence-corrected chi connectivity index (χ4v) is 3.75. The van der Waals surface area contributed by atoms with E-state index in [9.17, 15) is 14.4 Å². The Hall–Kier alpha value is -2.52. The zero-order valence-electron chi connectivity index (χ0n) is 14.5. The Bertz CT molecular complexity index is 1060. The lowest BCUT2D eigenvalue weighted by Gasteiger charge is -2.09. The topological polar surface area (TPSA) is 93.1 Å². The maximum atomic E-state index is 12.5. The van der Waals surface area contributed by atoms with Gasteiger partial charge in [-0.05, 0) is 40.5 Å². The van der Waals surface area contributed by atoms with Crippen LogP contribution in [0.1, 0.15) is 11.8 Å². The highest BCUT2D eigenvalue weighted by molar-refractivity contribution is 9.10. The first kappa shape index (κ1) is 19.2. The molecule has 0 aliphatic heterocycles. The van der Waals surface area contributed by atoms with Crippen LogP contribution < -0.4 is 16.2 Å². The van der Waals surface area contributed by atoms with Crippen LogP contribution in [0.25, 0.3) is 10.2 Å². The van der Waals surface area contributed by atoms with Crippen LogP contribution in [0.3, 0.4) is 0 Å². The van der Waals surface area contributed by atoms with E-state index in [1.54, 1.807) is 18.2 Å². The van der Waals surface area contributed by atoms with E-state index in [1.807, 2.05) is 19.1 Å². The number of aryl methyl sites for hydroxylation is 1. The summed E-state index contributed by atoms with van der Waals surface area (Å²) >= 11 is 4.81. The summed E-state index contributed by atoms with van der Waals surface area (Å²) in [4.78, 5) is 42.5. The number of benzene rings is 1. The maximum Gasteiger partial charge on any atom is 0.262 e. The van der Waals surface area contributed by atoms with E-state index < -0.39 is 5.91 Å².